The van der Waals surface area contributed by atoms with Gasteiger partial charge in [0.1, 0.15) is 5.82 Å². The topological polar surface area (TPSA) is 20.2 Å². The second-order valence-electron chi connectivity index (χ2n) is 2.93. The Labute approximate surface area is 91.4 Å². The number of halogens is 2. The molecule has 0 amide bonds. The predicted molar refractivity (Wildman–Crippen MR) is 59.8 cm³/mol. The maximum atomic E-state index is 13.0. The van der Waals surface area contributed by atoms with E-state index in [4.69, 9.17) is 5.11 Å². The largest absolute Gasteiger partial charge is 0.392 e. The molecule has 14 heavy (non-hydrogen) atoms. The van der Waals surface area contributed by atoms with Crippen molar-refractivity contribution in [3.05, 3.63) is 41.2 Å². The molecule has 1 nitrogen and oxygen atoms in total. The second-order valence-corrected chi connectivity index (χ2v) is 3.72. The van der Waals surface area contributed by atoms with Gasteiger partial charge >= 0.3 is 0 Å². The Kier molecular flexibility index (Phi) is 4.84. The summed E-state index contributed by atoms with van der Waals surface area (Å²) in [6.45, 7) is -0.128. The van der Waals surface area contributed by atoms with Crippen LogP contribution in [0.5, 0.6) is 0 Å². The molecule has 0 radical (unpaired) electrons. The second kappa shape index (κ2) is 5.94. The van der Waals surface area contributed by atoms with Gasteiger partial charge in [-0.1, -0.05) is 28.1 Å². The first-order valence-electron chi connectivity index (χ1n) is 4.39. The average Bonchev–Trinajstić information content (AvgIpc) is 2.17. The van der Waals surface area contributed by atoms with Crippen LogP contribution in [0.4, 0.5) is 4.39 Å². The molecule has 0 bridgehead atoms. The molecule has 0 saturated heterocycles. The SMILES string of the molecule is OCc1cc(F)cc(C=CCCBr)c1. The first-order chi connectivity index (χ1) is 6.76. The Hall–Kier alpha value is -0.670. The number of aliphatic hydroxyl groups is 1. The summed E-state index contributed by atoms with van der Waals surface area (Å²) in [6.07, 6.45) is 4.72. The predicted octanol–water partition coefficient (Wildman–Crippen LogP) is 3.12. The van der Waals surface area contributed by atoms with Crippen molar-refractivity contribution < 1.29 is 9.50 Å². The van der Waals surface area contributed by atoms with E-state index in [-0.39, 0.29) is 12.4 Å². The van der Waals surface area contributed by atoms with Gasteiger partial charge in [0.05, 0.1) is 6.61 Å². The van der Waals surface area contributed by atoms with E-state index in [1.165, 1.54) is 12.1 Å². The van der Waals surface area contributed by atoms with Gasteiger partial charge in [-0.2, -0.15) is 0 Å². The standard InChI is InChI=1S/C11H12BrFO/c12-4-2-1-3-9-5-10(8-14)7-11(13)6-9/h1,3,5-7,14H,2,4,8H2. The molecule has 1 rings (SSSR count). The van der Waals surface area contributed by atoms with Gasteiger partial charge in [0, 0.05) is 5.33 Å². The summed E-state index contributed by atoms with van der Waals surface area (Å²) in [4.78, 5) is 0. The highest BCUT2D eigenvalue weighted by Crippen LogP contribution is 2.11. The van der Waals surface area contributed by atoms with E-state index in [9.17, 15) is 4.39 Å². The summed E-state index contributed by atoms with van der Waals surface area (Å²) in [6, 6.07) is 4.56. The molecule has 0 spiro atoms. The van der Waals surface area contributed by atoms with Crippen LogP contribution in [0, 0.1) is 5.82 Å². The van der Waals surface area contributed by atoms with E-state index in [2.05, 4.69) is 15.9 Å². The molecule has 0 aromatic heterocycles. The summed E-state index contributed by atoms with van der Waals surface area (Å²) >= 11 is 3.30. The number of hydrogen-bond donors (Lipinski definition) is 1. The fourth-order valence-corrected chi connectivity index (χ4v) is 1.41. The lowest BCUT2D eigenvalue weighted by molar-refractivity contribution is 0.281. The number of allylic oxidation sites excluding steroid dienone is 1. The Bertz CT molecular complexity index is 323. The molecule has 1 N–H and O–H groups in total. The van der Waals surface area contributed by atoms with Crippen LogP contribution in [-0.2, 0) is 6.61 Å². The molecule has 0 unspecified atom stereocenters. The maximum absolute atomic E-state index is 13.0. The molecule has 1 aromatic rings. The Morgan fingerprint density at radius 1 is 1.36 bits per heavy atom. The van der Waals surface area contributed by atoms with E-state index >= 15 is 0 Å². The average molecular weight is 259 g/mol. The molecule has 0 aliphatic heterocycles. The van der Waals surface area contributed by atoms with E-state index in [1.807, 2.05) is 12.2 Å². The van der Waals surface area contributed by atoms with Crippen LogP contribution in [0.2, 0.25) is 0 Å². The quantitative estimate of drug-likeness (QED) is 0.823. The van der Waals surface area contributed by atoms with Crippen molar-refractivity contribution in [3.63, 3.8) is 0 Å². The van der Waals surface area contributed by atoms with Crippen molar-refractivity contribution in [1.82, 2.24) is 0 Å². The van der Waals surface area contributed by atoms with Gasteiger partial charge in [-0.3, -0.25) is 0 Å². The first-order valence-corrected chi connectivity index (χ1v) is 5.51. The molecule has 0 aliphatic carbocycles. The zero-order chi connectivity index (χ0) is 10.4. The molecular formula is C11H12BrFO. The van der Waals surface area contributed by atoms with Crippen LogP contribution in [0.25, 0.3) is 6.08 Å². The van der Waals surface area contributed by atoms with Crippen molar-refractivity contribution in [1.29, 1.82) is 0 Å². The zero-order valence-corrected chi connectivity index (χ0v) is 9.30. The number of rotatable bonds is 4. The van der Waals surface area contributed by atoms with E-state index < -0.39 is 0 Å². The van der Waals surface area contributed by atoms with Crippen molar-refractivity contribution in [3.8, 4) is 0 Å². The lowest BCUT2D eigenvalue weighted by Gasteiger charge is -1.99. The van der Waals surface area contributed by atoms with Crippen LogP contribution in [0.1, 0.15) is 17.5 Å². The lowest BCUT2D eigenvalue weighted by atomic mass is 10.1. The minimum atomic E-state index is -0.310. The fourth-order valence-electron chi connectivity index (χ4n) is 1.15. The highest BCUT2D eigenvalue weighted by molar-refractivity contribution is 9.09. The van der Waals surface area contributed by atoms with Gasteiger partial charge in [-0.05, 0) is 35.7 Å². The molecule has 0 heterocycles. The lowest BCUT2D eigenvalue weighted by Crippen LogP contribution is -1.87. The van der Waals surface area contributed by atoms with E-state index in [0.717, 1.165) is 17.3 Å². The molecule has 1 aromatic carbocycles. The van der Waals surface area contributed by atoms with E-state index in [1.54, 1.807) is 6.07 Å². The normalized spacial score (nSPS) is 11.1. The summed E-state index contributed by atoms with van der Waals surface area (Å²) in [5.41, 5.74) is 1.39. The van der Waals surface area contributed by atoms with Crippen molar-refractivity contribution in [2.45, 2.75) is 13.0 Å². The van der Waals surface area contributed by atoms with Crippen LogP contribution in [-0.4, -0.2) is 10.4 Å². The van der Waals surface area contributed by atoms with Crippen LogP contribution in [0.15, 0.2) is 24.3 Å². The fraction of sp³-hybridized carbons (Fsp3) is 0.273. The van der Waals surface area contributed by atoms with Gasteiger partial charge < -0.3 is 5.11 Å². The third kappa shape index (κ3) is 3.60. The first kappa shape index (κ1) is 11.4. The highest BCUT2D eigenvalue weighted by atomic mass is 79.9. The number of alkyl halides is 1. The van der Waals surface area contributed by atoms with Gasteiger partial charge in [0.25, 0.3) is 0 Å². The van der Waals surface area contributed by atoms with Gasteiger partial charge in [-0.15, -0.1) is 0 Å². The molecule has 0 atom stereocenters. The van der Waals surface area contributed by atoms with E-state index in [0.29, 0.717) is 5.56 Å². The zero-order valence-electron chi connectivity index (χ0n) is 7.71. The Balaban J connectivity index is 2.81. The molecule has 3 heteroatoms. The van der Waals surface area contributed by atoms with Crippen LogP contribution >= 0.6 is 15.9 Å². The van der Waals surface area contributed by atoms with Crippen LogP contribution in [0.3, 0.4) is 0 Å². The van der Waals surface area contributed by atoms with Gasteiger partial charge in [-0.25, -0.2) is 4.39 Å². The smallest absolute Gasteiger partial charge is 0.124 e. The number of benzene rings is 1. The number of aliphatic hydroxyl groups excluding tert-OH is 1. The Morgan fingerprint density at radius 3 is 2.79 bits per heavy atom. The maximum Gasteiger partial charge on any atom is 0.124 e. The summed E-state index contributed by atoms with van der Waals surface area (Å²) in [5, 5.41) is 9.75. The molecular weight excluding hydrogens is 247 g/mol. The third-order valence-corrected chi connectivity index (χ3v) is 2.21. The molecule has 0 fully saturated rings. The minimum absolute atomic E-state index is 0.128. The highest BCUT2D eigenvalue weighted by Gasteiger charge is 1.97. The van der Waals surface area contributed by atoms with Crippen molar-refractivity contribution in [2.75, 3.05) is 5.33 Å². The van der Waals surface area contributed by atoms with Gasteiger partial charge in [0.15, 0.2) is 0 Å². The van der Waals surface area contributed by atoms with Crippen molar-refractivity contribution in [2.24, 2.45) is 0 Å². The monoisotopic (exact) mass is 258 g/mol. The summed E-state index contributed by atoms with van der Waals surface area (Å²) in [7, 11) is 0. The van der Waals surface area contributed by atoms with Crippen LogP contribution < -0.4 is 0 Å². The third-order valence-electron chi connectivity index (χ3n) is 1.75. The Morgan fingerprint density at radius 2 is 2.14 bits per heavy atom. The number of hydrogen-bond acceptors (Lipinski definition) is 1. The van der Waals surface area contributed by atoms with Gasteiger partial charge in [0.2, 0.25) is 0 Å². The molecule has 0 saturated carbocycles. The van der Waals surface area contributed by atoms with Crippen molar-refractivity contribution >= 4 is 22.0 Å². The summed E-state index contributed by atoms with van der Waals surface area (Å²) < 4.78 is 13.0. The molecule has 0 aliphatic rings. The minimum Gasteiger partial charge on any atom is -0.392 e. The molecule has 76 valence electrons. The summed E-state index contributed by atoms with van der Waals surface area (Å²) in [5.74, 6) is -0.310.